The van der Waals surface area contributed by atoms with Gasteiger partial charge in [0.15, 0.2) is 0 Å². The second-order valence-corrected chi connectivity index (χ2v) is 4.19. The van der Waals surface area contributed by atoms with E-state index in [2.05, 4.69) is 10.2 Å². The molecule has 0 heterocycles. The zero-order valence-corrected chi connectivity index (χ0v) is 11.2. The topological polar surface area (TPSA) is 111 Å². The SMILES string of the molecule is O=[N+]([O-])c1ccc(C=NN=Cc2cccc([N+](=O)[O-])c2)cc1. The van der Waals surface area contributed by atoms with E-state index in [-0.39, 0.29) is 11.4 Å². The Morgan fingerprint density at radius 3 is 1.95 bits per heavy atom. The molecule has 0 spiro atoms. The van der Waals surface area contributed by atoms with E-state index >= 15 is 0 Å². The summed E-state index contributed by atoms with van der Waals surface area (Å²) in [5.74, 6) is 0. The van der Waals surface area contributed by atoms with Gasteiger partial charge < -0.3 is 0 Å². The number of nitro groups is 2. The fourth-order valence-electron chi connectivity index (χ4n) is 1.60. The Kier molecular flexibility index (Phi) is 4.66. The van der Waals surface area contributed by atoms with E-state index in [9.17, 15) is 20.2 Å². The fraction of sp³-hybridized carbons (Fsp3) is 0. The molecule has 0 atom stereocenters. The van der Waals surface area contributed by atoms with Gasteiger partial charge in [0, 0.05) is 29.8 Å². The molecule has 2 rings (SSSR count). The highest BCUT2D eigenvalue weighted by molar-refractivity contribution is 5.83. The molecule has 0 unspecified atom stereocenters. The van der Waals surface area contributed by atoms with E-state index in [0.717, 1.165) is 0 Å². The van der Waals surface area contributed by atoms with Crippen LogP contribution in [-0.4, -0.2) is 22.3 Å². The molecule has 110 valence electrons. The average Bonchev–Trinajstić information content (AvgIpc) is 2.52. The number of benzene rings is 2. The summed E-state index contributed by atoms with van der Waals surface area (Å²) in [5, 5.41) is 28.7. The predicted molar refractivity (Wildman–Crippen MR) is 81.4 cm³/mol. The quantitative estimate of drug-likeness (QED) is 0.480. The van der Waals surface area contributed by atoms with E-state index in [0.29, 0.717) is 11.1 Å². The first-order chi connectivity index (χ1) is 10.6. The third kappa shape index (κ3) is 4.04. The first kappa shape index (κ1) is 15.0. The summed E-state index contributed by atoms with van der Waals surface area (Å²) in [6.45, 7) is 0. The molecule has 0 fully saturated rings. The van der Waals surface area contributed by atoms with E-state index < -0.39 is 9.85 Å². The van der Waals surface area contributed by atoms with Crippen molar-refractivity contribution in [1.82, 2.24) is 0 Å². The Bertz CT molecular complexity index is 754. The van der Waals surface area contributed by atoms with Gasteiger partial charge in [-0.25, -0.2) is 0 Å². The third-order valence-corrected chi connectivity index (χ3v) is 2.67. The Morgan fingerprint density at radius 1 is 0.773 bits per heavy atom. The molecule has 0 radical (unpaired) electrons. The van der Waals surface area contributed by atoms with Crippen LogP contribution in [0.15, 0.2) is 58.7 Å². The van der Waals surface area contributed by atoms with Gasteiger partial charge in [0.1, 0.15) is 0 Å². The molecule has 0 aliphatic rings. The minimum Gasteiger partial charge on any atom is -0.258 e. The van der Waals surface area contributed by atoms with Crippen LogP contribution in [0.1, 0.15) is 11.1 Å². The van der Waals surface area contributed by atoms with Gasteiger partial charge in [0.05, 0.1) is 22.3 Å². The van der Waals surface area contributed by atoms with Gasteiger partial charge >= 0.3 is 0 Å². The van der Waals surface area contributed by atoms with Crippen LogP contribution in [0.2, 0.25) is 0 Å². The van der Waals surface area contributed by atoms with E-state index in [1.807, 2.05) is 0 Å². The summed E-state index contributed by atoms with van der Waals surface area (Å²) in [7, 11) is 0. The lowest BCUT2D eigenvalue weighted by Crippen LogP contribution is -1.89. The van der Waals surface area contributed by atoms with Gasteiger partial charge in [-0.2, -0.15) is 10.2 Å². The minimum atomic E-state index is -0.489. The molecular formula is C14H10N4O4. The van der Waals surface area contributed by atoms with Crippen molar-refractivity contribution in [3.63, 3.8) is 0 Å². The summed E-state index contributed by atoms with van der Waals surface area (Å²) in [6, 6.07) is 11.8. The summed E-state index contributed by atoms with van der Waals surface area (Å²) >= 11 is 0. The molecule has 0 aromatic heterocycles. The van der Waals surface area contributed by atoms with E-state index in [4.69, 9.17) is 0 Å². The normalized spacial score (nSPS) is 11.1. The van der Waals surface area contributed by atoms with Crippen molar-refractivity contribution in [3.8, 4) is 0 Å². The van der Waals surface area contributed by atoms with Crippen molar-refractivity contribution in [2.24, 2.45) is 10.2 Å². The molecule has 0 aliphatic carbocycles. The number of nitro benzene ring substituents is 2. The van der Waals surface area contributed by atoms with Gasteiger partial charge in [-0.05, 0) is 17.7 Å². The largest absolute Gasteiger partial charge is 0.270 e. The maximum atomic E-state index is 10.6. The zero-order valence-electron chi connectivity index (χ0n) is 11.2. The van der Waals surface area contributed by atoms with E-state index in [1.54, 1.807) is 24.3 Å². The fourth-order valence-corrected chi connectivity index (χ4v) is 1.60. The standard InChI is InChI=1S/C14H10N4O4/c19-17(20)13-6-4-11(5-7-13)9-15-16-10-12-2-1-3-14(8-12)18(21)22/h1-10H. The highest BCUT2D eigenvalue weighted by Crippen LogP contribution is 2.12. The van der Waals surface area contributed by atoms with Gasteiger partial charge in [0.2, 0.25) is 0 Å². The molecule has 0 amide bonds. The zero-order chi connectivity index (χ0) is 15.9. The van der Waals surface area contributed by atoms with Crippen LogP contribution < -0.4 is 0 Å². The van der Waals surface area contributed by atoms with Crippen LogP contribution in [0, 0.1) is 20.2 Å². The molecule has 8 nitrogen and oxygen atoms in total. The monoisotopic (exact) mass is 298 g/mol. The van der Waals surface area contributed by atoms with Crippen LogP contribution in [0.25, 0.3) is 0 Å². The number of hydrogen-bond acceptors (Lipinski definition) is 6. The van der Waals surface area contributed by atoms with Crippen molar-refractivity contribution < 1.29 is 9.85 Å². The Labute approximate surface area is 124 Å². The molecule has 0 N–H and O–H groups in total. The molecular weight excluding hydrogens is 288 g/mol. The number of rotatable bonds is 5. The van der Waals surface area contributed by atoms with Crippen LogP contribution in [0.3, 0.4) is 0 Å². The first-order valence-electron chi connectivity index (χ1n) is 6.11. The summed E-state index contributed by atoms with van der Waals surface area (Å²) < 4.78 is 0. The molecule has 2 aromatic rings. The summed E-state index contributed by atoms with van der Waals surface area (Å²) in [4.78, 5) is 20.2. The molecule has 8 heteroatoms. The van der Waals surface area contributed by atoms with Crippen LogP contribution in [-0.2, 0) is 0 Å². The van der Waals surface area contributed by atoms with Gasteiger partial charge in [-0.15, -0.1) is 0 Å². The van der Waals surface area contributed by atoms with Crippen molar-refractivity contribution >= 4 is 23.8 Å². The molecule has 22 heavy (non-hydrogen) atoms. The molecule has 0 aliphatic heterocycles. The molecule has 2 aromatic carbocycles. The highest BCUT2D eigenvalue weighted by atomic mass is 16.6. The van der Waals surface area contributed by atoms with Crippen LogP contribution in [0.4, 0.5) is 11.4 Å². The lowest BCUT2D eigenvalue weighted by molar-refractivity contribution is -0.385. The first-order valence-corrected chi connectivity index (χ1v) is 6.11. The number of nitrogens with zero attached hydrogens (tertiary/aromatic N) is 4. The second kappa shape index (κ2) is 6.84. The predicted octanol–water partition coefficient (Wildman–Crippen LogP) is 2.96. The summed E-state index contributed by atoms with van der Waals surface area (Å²) in [6.07, 6.45) is 2.81. The highest BCUT2D eigenvalue weighted by Gasteiger charge is 2.04. The minimum absolute atomic E-state index is 0.00255. The van der Waals surface area contributed by atoms with Crippen molar-refractivity contribution in [2.45, 2.75) is 0 Å². The van der Waals surface area contributed by atoms with Crippen LogP contribution in [0.5, 0.6) is 0 Å². The number of non-ortho nitro benzene ring substituents is 2. The smallest absolute Gasteiger partial charge is 0.258 e. The lowest BCUT2D eigenvalue weighted by atomic mass is 10.2. The van der Waals surface area contributed by atoms with E-state index in [1.165, 1.54) is 36.7 Å². The average molecular weight is 298 g/mol. The maximum absolute atomic E-state index is 10.6. The van der Waals surface area contributed by atoms with Crippen molar-refractivity contribution in [3.05, 3.63) is 79.9 Å². The number of hydrogen-bond donors (Lipinski definition) is 0. The Morgan fingerprint density at radius 2 is 1.36 bits per heavy atom. The van der Waals surface area contributed by atoms with Crippen LogP contribution >= 0.6 is 0 Å². The maximum Gasteiger partial charge on any atom is 0.270 e. The van der Waals surface area contributed by atoms with Gasteiger partial charge in [-0.1, -0.05) is 12.1 Å². The summed E-state index contributed by atoms with van der Waals surface area (Å²) in [5.41, 5.74) is 1.18. The Balaban J connectivity index is 2.03. The van der Waals surface area contributed by atoms with Crippen molar-refractivity contribution in [2.75, 3.05) is 0 Å². The Hall–Kier alpha value is -3.42. The van der Waals surface area contributed by atoms with Gasteiger partial charge in [-0.3, -0.25) is 20.2 Å². The molecule has 0 saturated heterocycles. The lowest BCUT2D eigenvalue weighted by Gasteiger charge is -1.93. The van der Waals surface area contributed by atoms with Crippen molar-refractivity contribution in [1.29, 1.82) is 0 Å². The van der Waals surface area contributed by atoms with Gasteiger partial charge in [0.25, 0.3) is 11.4 Å². The second-order valence-electron chi connectivity index (χ2n) is 4.19. The third-order valence-electron chi connectivity index (χ3n) is 2.67. The molecule has 0 saturated carbocycles. The molecule has 0 bridgehead atoms.